The molecule has 1 aliphatic heterocycles. The minimum absolute atomic E-state index is 0.108. The second-order valence-corrected chi connectivity index (χ2v) is 10.5. The van der Waals surface area contributed by atoms with Crippen molar-refractivity contribution in [2.24, 2.45) is 0 Å². The van der Waals surface area contributed by atoms with Crippen LogP contribution in [0.4, 0.5) is 5.69 Å². The number of ether oxygens (including phenoxy) is 2. The minimum atomic E-state index is -3.57. The van der Waals surface area contributed by atoms with Crippen LogP contribution in [0, 0.1) is 0 Å². The maximum Gasteiger partial charge on any atom is 0.311 e. The lowest BCUT2D eigenvalue weighted by Gasteiger charge is -2.26. The van der Waals surface area contributed by atoms with Crippen LogP contribution in [0.5, 0.6) is 0 Å². The molecule has 2 aromatic rings. The molecular formula is C19H23N3O6S3. The standard InChI is InChI=1S/C19H23N3O6S3/c1-2-28-18(24)11-15-12-29-19(21-15)30-13-17(23)20-14-3-5-16(6-4-14)31(25,26)22-7-9-27-10-8-22/h3-6,12H,2,7-11,13H2,1H3,(H,20,23). The lowest BCUT2D eigenvalue weighted by molar-refractivity contribution is -0.142. The summed E-state index contributed by atoms with van der Waals surface area (Å²) in [5.41, 5.74) is 1.12. The highest BCUT2D eigenvalue weighted by molar-refractivity contribution is 8.01. The van der Waals surface area contributed by atoms with E-state index in [2.05, 4.69) is 10.3 Å². The van der Waals surface area contributed by atoms with Gasteiger partial charge in [0.2, 0.25) is 15.9 Å². The van der Waals surface area contributed by atoms with Crippen molar-refractivity contribution >= 4 is 50.7 Å². The first-order chi connectivity index (χ1) is 14.9. The van der Waals surface area contributed by atoms with Gasteiger partial charge < -0.3 is 14.8 Å². The molecule has 9 nitrogen and oxygen atoms in total. The van der Waals surface area contributed by atoms with Crippen molar-refractivity contribution in [2.45, 2.75) is 22.6 Å². The monoisotopic (exact) mass is 485 g/mol. The van der Waals surface area contributed by atoms with Crippen molar-refractivity contribution in [2.75, 3.05) is 44.0 Å². The predicted molar refractivity (Wildman–Crippen MR) is 118 cm³/mol. The summed E-state index contributed by atoms with van der Waals surface area (Å²) in [6.45, 7) is 3.50. The molecular weight excluding hydrogens is 462 g/mol. The Morgan fingerprint density at radius 1 is 1.26 bits per heavy atom. The van der Waals surface area contributed by atoms with E-state index in [0.29, 0.717) is 48.6 Å². The van der Waals surface area contributed by atoms with E-state index in [9.17, 15) is 18.0 Å². The molecule has 12 heteroatoms. The van der Waals surface area contributed by atoms with E-state index >= 15 is 0 Å². The molecule has 168 valence electrons. The van der Waals surface area contributed by atoms with Crippen LogP contribution in [0.1, 0.15) is 12.6 Å². The summed E-state index contributed by atoms with van der Waals surface area (Å²) >= 11 is 2.62. The number of carbonyl (C=O) groups is 2. The quantitative estimate of drug-likeness (QED) is 0.424. The number of rotatable bonds is 9. The van der Waals surface area contributed by atoms with Gasteiger partial charge in [0.25, 0.3) is 0 Å². The number of thiazole rings is 1. The lowest BCUT2D eigenvalue weighted by atomic mass is 10.3. The summed E-state index contributed by atoms with van der Waals surface area (Å²) in [6, 6.07) is 6.10. The van der Waals surface area contributed by atoms with Crippen molar-refractivity contribution in [3.05, 3.63) is 35.3 Å². The average Bonchev–Trinajstić information content (AvgIpc) is 3.20. The van der Waals surface area contributed by atoms with Gasteiger partial charge in [0.05, 0.1) is 42.6 Å². The summed E-state index contributed by atoms with van der Waals surface area (Å²) in [5, 5.41) is 4.51. The Bertz CT molecular complexity index is 1000. The van der Waals surface area contributed by atoms with E-state index in [0.717, 1.165) is 0 Å². The minimum Gasteiger partial charge on any atom is -0.466 e. The highest BCUT2D eigenvalue weighted by atomic mass is 32.2. The van der Waals surface area contributed by atoms with Crippen LogP contribution in [-0.4, -0.2) is 68.2 Å². The summed E-state index contributed by atoms with van der Waals surface area (Å²) in [7, 11) is -3.57. The van der Waals surface area contributed by atoms with E-state index in [-0.39, 0.29) is 28.9 Å². The Labute approximate surface area is 189 Å². The van der Waals surface area contributed by atoms with Crippen LogP contribution in [0.2, 0.25) is 0 Å². The van der Waals surface area contributed by atoms with E-state index in [1.165, 1.54) is 39.5 Å². The van der Waals surface area contributed by atoms with Crippen LogP contribution in [0.25, 0.3) is 0 Å². The Kier molecular flexibility index (Phi) is 8.43. The van der Waals surface area contributed by atoms with Gasteiger partial charge in [0, 0.05) is 24.2 Å². The lowest BCUT2D eigenvalue weighted by Crippen LogP contribution is -2.40. The number of hydrogen-bond donors (Lipinski definition) is 1. The van der Waals surface area contributed by atoms with Gasteiger partial charge in [-0.15, -0.1) is 11.3 Å². The molecule has 0 aliphatic carbocycles. The molecule has 1 N–H and O–H groups in total. The number of hydrogen-bond acceptors (Lipinski definition) is 9. The molecule has 1 aromatic heterocycles. The SMILES string of the molecule is CCOC(=O)Cc1csc(SCC(=O)Nc2ccc(S(=O)(=O)N3CCOCC3)cc2)n1. The second-order valence-electron chi connectivity index (χ2n) is 6.46. The van der Waals surface area contributed by atoms with Gasteiger partial charge in [0.1, 0.15) is 0 Å². The summed E-state index contributed by atoms with van der Waals surface area (Å²) in [5.74, 6) is -0.433. The molecule has 1 saturated heterocycles. The molecule has 0 spiro atoms. The Morgan fingerprint density at radius 2 is 1.97 bits per heavy atom. The van der Waals surface area contributed by atoms with Gasteiger partial charge in [-0.1, -0.05) is 11.8 Å². The Hall–Kier alpha value is -1.99. The molecule has 2 heterocycles. The fourth-order valence-corrected chi connectivity index (χ4v) is 5.82. The number of nitrogens with zero attached hydrogens (tertiary/aromatic N) is 2. The first-order valence-electron chi connectivity index (χ1n) is 9.59. The average molecular weight is 486 g/mol. The first-order valence-corrected chi connectivity index (χ1v) is 12.9. The second kappa shape index (κ2) is 11.0. The van der Waals surface area contributed by atoms with Crippen LogP contribution in [0.15, 0.2) is 38.9 Å². The molecule has 1 amide bonds. The van der Waals surface area contributed by atoms with Crippen LogP contribution >= 0.6 is 23.1 Å². The fraction of sp³-hybridized carbons (Fsp3) is 0.421. The molecule has 1 aromatic carbocycles. The summed E-state index contributed by atoms with van der Waals surface area (Å²) < 4.78 is 37.4. The largest absolute Gasteiger partial charge is 0.466 e. The maximum atomic E-state index is 12.6. The molecule has 31 heavy (non-hydrogen) atoms. The third-order valence-corrected chi connectivity index (χ3v) is 8.22. The molecule has 0 unspecified atom stereocenters. The van der Waals surface area contributed by atoms with Gasteiger partial charge in [-0.3, -0.25) is 9.59 Å². The van der Waals surface area contributed by atoms with Gasteiger partial charge in [-0.25, -0.2) is 13.4 Å². The van der Waals surface area contributed by atoms with Crippen LogP contribution in [-0.2, 0) is 35.5 Å². The number of carbonyl (C=O) groups excluding carboxylic acids is 2. The van der Waals surface area contributed by atoms with Crippen molar-refractivity contribution < 1.29 is 27.5 Å². The van der Waals surface area contributed by atoms with E-state index in [4.69, 9.17) is 9.47 Å². The predicted octanol–water partition coefficient (Wildman–Crippen LogP) is 2.00. The smallest absolute Gasteiger partial charge is 0.311 e. The van der Waals surface area contributed by atoms with Gasteiger partial charge >= 0.3 is 5.97 Å². The number of nitrogens with one attached hydrogen (secondary N) is 1. The first kappa shape index (κ1) is 23.7. The molecule has 3 rings (SSSR count). The topological polar surface area (TPSA) is 115 Å². The molecule has 0 atom stereocenters. The van der Waals surface area contributed by atoms with Crippen LogP contribution in [0.3, 0.4) is 0 Å². The zero-order chi connectivity index (χ0) is 22.3. The molecule has 1 fully saturated rings. The number of morpholine rings is 1. The number of sulfonamides is 1. The van der Waals surface area contributed by atoms with Crippen LogP contribution < -0.4 is 5.32 Å². The number of anilines is 1. The number of amides is 1. The number of benzene rings is 1. The van der Waals surface area contributed by atoms with Crippen molar-refractivity contribution in [3.63, 3.8) is 0 Å². The normalized spacial score (nSPS) is 14.9. The van der Waals surface area contributed by atoms with E-state index < -0.39 is 10.0 Å². The molecule has 0 bridgehead atoms. The molecule has 0 saturated carbocycles. The van der Waals surface area contributed by atoms with Gasteiger partial charge in [-0.2, -0.15) is 4.31 Å². The zero-order valence-corrected chi connectivity index (χ0v) is 19.4. The van der Waals surface area contributed by atoms with Gasteiger partial charge in [0.15, 0.2) is 4.34 Å². The molecule has 1 aliphatic rings. The maximum absolute atomic E-state index is 12.6. The Balaban J connectivity index is 1.50. The number of aromatic nitrogens is 1. The van der Waals surface area contributed by atoms with E-state index in [1.54, 1.807) is 24.4 Å². The van der Waals surface area contributed by atoms with E-state index in [1.807, 2.05) is 0 Å². The third kappa shape index (κ3) is 6.74. The van der Waals surface area contributed by atoms with Gasteiger partial charge in [-0.05, 0) is 31.2 Å². The number of esters is 1. The summed E-state index contributed by atoms with van der Waals surface area (Å²) in [4.78, 5) is 28.2. The van der Waals surface area contributed by atoms with Crippen molar-refractivity contribution in [1.82, 2.24) is 9.29 Å². The van der Waals surface area contributed by atoms with Crippen molar-refractivity contribution in [1.29, 1.82) is 0 Å². The highest BCUT2D eigenvalue weighted by Gasteiger charge is 2.26. The molecule has 0 radical (unpaired) electrons. The highest BCUT2D eigenvalue weighted by Crippen LogP contribution is 2.24. The third-order valence-electron chi connectivity index (χ3n) is 4.23. The Morgan fingerprint density at radius 3 is 2.65 bits per heavy atom. The fourth-order valence-electron chi connectivity index (χ4n) is 2.77. The zero-order valence-electron chi connectivity index (χ0n) is 16.9. The number of thioether (sulfide) groups is 1. The van der Waals surface area contributed by atoms with Crippen molar-refractivity contribution in [3.8, 4) is 0 Å². The summed E-state index contributed by atoms with van der Waals surface area (Å²) in [6.07, 6.45) is 0.108.